The lowest BCUT2D eigenvalue weighted by Gasteiger charge is -2.30. The molecule has 4 N–H and O–H groups in total. The van der Waals surface area contributed by atoms with Gasteiger partial charge in [-0.2, -0.15) is 0 Å². The van der Waals surface area contributed by atoms with Crippen molar-refractivity contribution >= 4 is 12.0 Å². The second-order valence-corrected chi connectivity index (χ2v) is 3.24. The Morgan fingerprint density at radius 1 is 1.64 bits per heavy atom. The van der Waals surface area contributed by atoms with Gasteiger partial charge in [0.25, 0.3) is 0 Å². The summed E-state index contributed by atoms with van der Waals surface area (Å²) in [4.78, 5) is 23.3. The number of ether oxygens (including phenoxy) is 1. The second kappa shape index (κ2) is 4.80. The maximum absolute atomic E-state index is 11.4. The van der Waals surface area contributed by atoms with Crippen molar-refractivity contribution in [3.63, 3.8) is 0 Å². The van der Waals surface area contributed by atoms with Crippen molar-refractivity contribution in [2.75, 3.05) is 19.7 Å². The minimum Gasteiger partial charge on any atom is -0.448 e. The maximum Gasteiger partial charge on any atom is 0.404 e. The molecule has 14 heavy (non-hydrogen) atoms. The fourth-order valence-electron chi connectivity index (χ4n) is 1.45. The summed E-state index contributed by atoms with van der Waals surface area (Å²) in [6, 6.07) is -0.405. The van der Waals surface area contributed by atoms with E-state index in [-0.39, 0.29) is 12.5 Å². The average molecular weight is 201 g/mol. The molecule has 6 nitrogen and oxygen atoms in total. The number of hydrogen-bond acceptors (Lipinski definition) is 4. The van der Waals surface area contributed by atoms with Gasteiger partial charge in [-0.05, 0) is 12.8 Å². The quantitative estimate of drug-likeness (QED) is 0.613. The van der Waals surface area contributed by atoms with E-state index in [1.807, 2.05) is 0 Å². The van der Waals surface area contributed by atoms with Crippen LogP contribution in [0.2, 0.25) is 0 Å². The monoisotopic (exact) mass is 201 g/mol. The summed E-state index contributed by atoms with van der Waals surface area (Å²) in [7, 11) is 0. The van der Waals surface area contributed by atoms with E-state index in [1.54, 1.807) is 4.90 Å². The number of primary amides is 1. The molecule has 1 aliphatic rings. The zero-order valence-electron chi connectivity index (χ0n) is 7.94. The summed E-state index contributed by atoms with van der Waals surface area (Å²) >= 11 is 0. The smallest absolute Gasteiger partial charge is 0.404 e. The van der Waals surface area contributed by atoms with Gasteiger partial charge in [-0.1, -0.05) is 0 Å². The molecule has 1 aliphatic heterocycles. The third kappa shape index (κ3) is 2.88. The van der Waals surface area contributed by atoms with E-state index in [2.05, 4.69) is 4.74 Å². The van der Waals surface area contributed by atoms with Crippen LogP contribution in [0.4, 0.5) is 4.79 Å². The van der Waals surface area contributed by atoms with Crippen molar-refractivity contribution in [2.45, 2.75) is 18.9 Å². The Labute approximate surface area is 82.2 Å². The molecule has 1 heterocycles. The zero-order valence-corrected chi connectivity index (χ0v) is 7.94. The first-order valence-electron chi connectivity index (χ1n) is 4.58. The van der Waals surface area contributed by atoms with Gasteiger partial charge in [0.1, 0.15) is 6.61 Å². The van der Waals surface area contributed by atoms with Crippen LogP contribution in [0, 0.1) is 0 Å². The highest BCUT2D eigenvalue weighted by Gasteiger charge is 2.25. The van der Waals surface area contributed by atoms with Crippen LogP contribution in [0.5, 0.6) is 0 Å². The standard InChI is InChI=1S/C8H15N3O3/c9-6-2-1-3-11(7(6)12)4-5-14-8(10)13/h6H,1-5,9H2,(H2,10,13). The molecule has 1 rings (SSSR count). The molecule has 1 fully saturated rings. The predicted octanol–water partition coefficient (Wildman–Crippen LogP) is -0.969. The third-order valence-electron chi connectivity index (χ3n) is 2.18. The highest BCUT2D eigenvalue weighted by molar-refractivity contribution is 5.82. The summed E-state index contributed by atoms with van der Waals surface area (Å²) in [6.07, 6.45) is 0.800. The molecule has 0 aromatic heterocycles. The van der Waals surface area contributed by atoms with E-state index in [9.17, 15) is 9.59 Å². The van der Waals surface area contributed by atoms with Crippen molar-refractivity contribution in [3.8, 4) is 0 Å². The Balaban J connectivity index is 2.29. The molecule has 0 radical (unpaired) electrons. The minimum absolute atomic E-state index is 0.0793. The number of rotatable bonds is 3. The number of hydrogen-bond donors (Lipinski definition) is 2. The Hall–Kier alpha value is -1.30. The van der Waals surface area contributed by atoms with E-state index in [1.165, 1.54) is 0 Å². The molecule has 1 saturated heterocycles. The molecular formula is C8H15N3O3. The van der Waals surface area contributed by atoms with Crippen molar-refractivity contribution < 1.29 is 14.3 Å². The first-order chi connectivity index (χ1) is 6.61. The molecule has 80 valence electrons. The highest BCUT2D eigenvalue weighted by atomic mass is 16.5. The van der Waals surface area contributed by atoms with E-state index >= 15 is 0 Å². The maximum atomic E-state index is 11.4. The number of nitrogens with two attached hydrogens (primary N) is 2. The van der Waals surface area contributed by atoms with Crippen LogP contribution < -0.4 is 11.5 Å². The lowest BCUT2D eigenvalue weighted by Crippen LogP contribution is -2.49. The van der Waals surface area contributed by atoms with Crippen LogP contribution >= 0.6 is 0 Å². The van der Waals surface area contributed by atoms with Gasteiger partial charge >= 0.3 is 6.09 Å². The Morgan fingerprint density at radius 3 is 3.00 bits per heavy atom. The van der Waals surface area contributed by atoms with Gasteiger partial charge in [-0.3, -0.25) is 4.79 Å². The van der Waals surface area contributed by atoms with Gasteiger partial charge in [-0.15, -0.1) is 0 Å². The van der Waals surface area contributed by atoms with Gasteiger partial charge < -0.3 is 21.1 Å². The molecule has 0 aromatic rings. The summed E-state index contributed by atoms with van der Waals surface area (Å²) in [5.74, 6) is -0.0793. The van der Waals surface area contributed by atoms with E-state index in [0.29, 0.717) is 13.1 Å². The first kappa shape index (κ1) is 10.8. The van der Waals surface area contributed by atoms with Crippen LogP contribution in [-0.4, -0.2) is 42.6 Å². The van der Waals surface area contributed by atoms with Gasteiger partial charge in [0, 0.05) is 6.54 Å². The van der Waals surface area contributed by atoms with E-state index < -0.39 is 12.1 Å². The van der Waals surface area contributed by atoms with Crippen molar-refractivity contribution in [2.24, 2.45) is 11.5 Å². The number of amides is 2. The normalized spacial score (nSPS) is 22.2. The molecule has 2 amide bonds. The summed E-state index contributed by atoms with van der Waals surface area (Å²) in [5.41, 5.74) is 10.4. The lowest BCUT2D eigenvalue weighted by molar-refractivity contribution is -0.135. The molecule has 1 atom stereocenters. The van der Waals surface area contributed by atoms with E-state index in [0.717, 1.165) is 12.8 Å². The fourth-order valence-corrected chi connectivity index (χ4v) is 1.45. The van der Waals surface area contributed by atoms with Crippen molar-refractivity contribution in [1.29, 1.82) is 0 Å². The highest BCUT2D eigenvalue weighted by Crippen LogP contribution is 2.09. The van der Waals surface area contributed by atoms with Gasteiger partial charge in [-0.25, -0.2) is 4.79 Å². The van der Waals surface area contributed by atoms with Crippen LogP contribution in [0.15, 0.2) is 0 Å². The number of carbonyl (C=O) groups is 2. The van der Waals surface area contributed by atoms with Crippen LogP contribution in [0.1, 0.15) is 12.8 Å². The fraction of sp³-hybridized carbons (Fsp3) is 0.750. The van der Waals surface area contributed by atoms with Crippen LogP contribution in [0.3, 0.4) is 0 Å². The summed E-state index contributed by atoms with van der Waals surface area (Å²) < 4.78 is 4.53. The number of piperidine rings is 1. The lowest BCUT2D eigenvalue weighted by atomic mass is 10.1. The third-order valence-corrected chi connectivity index (χ3v) is 2.18. The second-order valence-electron chi connectivity index (χ2n) is 3.24. The molecule has 6 heteroatoms. The Bertz CT molecular complexity index is 232. The largest absolute Gasteiger partial charge is 0.448 e. The summed E-state index contributed by atoms with van der Waals surface area (Å²) in [6.45, 7) is 1.18. The Morgan fingerprint density at radius 2 is 2.36 bits per heavy atom. The minimum atomic E-state index is -0.821. The SMILES string of the molecule is NC(=O)OCCN1CCCC(N)C1=O. The molecule has 1 unspecified atom stereocenters. The summed E-state index contributed by atoms with van der Waals surface area (Å²) in [5, 5.41) is 0. The average Bonchev–Trinajstić information content (AvgIpc) is 2.12. The molecular weight excluding hydrogens is 186 g/mol. The topological polar surface area (TPSA) is 98.7 Å². The zero-order chi connectivity index (χ0) is 10.6. The van der Waals surface area contributed by atoms with Gasteiger partial charge in [0.2, 0.25) is 5.91 Å². The molecule has 0 bridgehead atoms. The van der Waals surface area contributed by atoms with Gasteiger partial charge in [0.15, 0.2) is 0 Å². The van der Waals surface area contributed by atoms with Crippen LogP contribution in [-0.2, 0) is 9.53 Å². The Kier molecular flexibility index (Phi) is 3.70. The molecule has 0 spiro atoms. The first-order valence-corrected chi connectivity index (χ1v) is 4.58. The van der Waals surface area contributed by atoms with Crippen molar-refractivity contribution in [3.05, 3.63) is 0 Å². The molecule has 0 saturated carbocycles. The van der Waals surface area contributed by atoms with Crippen LogP contribution in [0.25, 0.3) is 0 Å². The van der Waals surface area contributed by atoms with Crippen molar-refractivity contribution in [1.82, 2.24) is 4.90 Å². The van der Waals surface area contributed by atoms with E-state index in [4.69, 9.17) is 11.5 Å². The number of nitrogens with zero attached hydrogens (tertiary/aromatic N) is 1. The predicted molar refractivity (Wildman–Crippen MR) is 49.3 cm³/mol. The molecule has 0 aromatic carbocycles. The number of likely N-dealkylation sites (tertiary alicyclic amines) is 1. The number of carbonyl (C=O) groups excluding carboxylic acids is 2. The van der Waals surface area contributed by atoms with Gasteiger partial charge in [0.05, 0.1) is 12.6 Å². The molecule has 0 aliphatic carbocycles.